The maximum absolute atomic E-state index is 12.3. The fourth-order valence-corrected chi connectivity index (χ4v) is 3.19. The first-order valence-electron chi connectivity index (χ1n) is 6.20. The summed E-state index contributed by atoms with van der Waals surface area (Å²) in [6.07, 6.45) is -0.243. The van der Waals surface area contributed by atoms with Crippen LogP contribution >= 0.6 is 7.60 Å². The van der Waals surface area contributed by atoms with Gasteiger partial charge in [-0.25, -0.2) is 4.79 Å². The normalized spacial score (nSPS) is 12.8. The molecule has 0 saturated carbocycles. The molecule has 8 heteroatoms. The van der Waals surface area contributed by atoms with E-state index < -0.39 is 25.5 Å². The Morgan fingerprint density at radius 3 is 2.00 bits per heavy atom. The number of ether oxygens (including phenoxy) is 1. The second kappa shape index (κ2) is 9.07. The number of amides is 1. The van der Waals surface area contributed by atoms with Crippen molar-refractivity contribution < 1.29 is 27.9 Å². The lowest BCUT2D eigenvalue weighted by atomic mass is 10.3. The van der Waals surface area contributed by atoms with Crippen LogP contribution in [-0.4, -0.2) is 43.9 Å². The minimum atomic E-state index is -3.42. The zero-order chi connectivity index (χ0) is 14.9. The van der Waals surface area contributed by atoms with Crippen LogP contribution in [0.4, 0.5) is 0 Å². The van der Waals surface area contributed by atoms with E-state index in [1.54, 1.807) is 20.8 Å². The van der Waals surface area contributed by atoms with Crippen LogP contribution in [-0.2, 0) is 27.9 Å². The highest BCUT2D eigenvalue weighted by atomic mass is 31.2. The Balaban J connectivity index is 4.88. The van der Waals surface area contributed by atoms with Gasteiger partial charge < -0.3 is 19.1 Å². The van der Waals surface area contributed by atoms with E-state index in [-0.39, 0.29) is 26.0 Å². The van der Waals surface area contributed by atoms with Crippen LogP contribution in [0.25, 0.3) is 0 Å². The van der Waals surface area contributed by atoms with Gasteiger partial charge in [-0.2, -0.15) is 0 Å². The zero-order valence-corrected chi connectivity index (χ0v) is 12.7. The number of carbonyl (C=O) groups excluding carboxylic acids is 2. The smallest absolute Gasteiger partial charge is 0.333 e. The SMILES string of the molecule is CCOC(=O)C(CP(=O)(OCC)OCC)NC(C)=O. The summed E-state index contributed by atoms with van der Waals surface area (Å²) in [6.45, 7) is 6.79. The highest BCUT2D eigenvalue weighted by molar-refractivity contribution is 7.54. The Bertz CT molecular complexity index is 336. The van der Waals surface area contributed by atoms with Crippen molar-refractivity contribution >= 4 is 19.5 Å². The molecule has 0 aliphatic heterocycles. The summed E-state index contributed by atoms with van der Waals surface area (Å²) in [5.41, 5.74) is 0. The van der Waals surface area contributed by atoms with Crippen molar-refractivity contribution in [2.45, 2.75) is 33.7 Å². The van der Waals surface area contributed by atoms with Crippen molar-refractivity contribution in [1.82, 2.24) is 5.32 Å². The topological polar surface area (TPSA) is 90.9 Å². The molecule has 0 aromatic rings. The summed E-state index contributed by atoms with van der Waals surface area (Å²) in [4.78, 5) is 22.8. The van der Waals surface area contributed by atoms with Gasteiger partial charge in [-0.05, 0) is 20.8 Å². The molecule has 7 nitrogen and oxygen atoms in total. The van der Waals surface area contributed by atoms with Gasteiger partial charge in [-0.1, -0.05) is 0 Å². The molecule has 0 bridgehead atoms. The molecule has 0 saturated heterocycles. The molecule has 0 fully saturated rings. The minimum Gasteiger partial charge on any atom is -0.464 e. The number of rotatable bonds is 9. The third-order valence-electron chi connectivity index (χ3n) is 2.01. The molecule has 0 spiro atoms. The van der Waals surface area contributed by atoms with Gasteiger partial charge in [0.1, 0.15) is 6.04 Å². The predicted molar refractivity (Wildman–Crippen MR) is 70.0 cm³/mol. The largest absolute Gasteiger partial charge is 0.464 e. The molecule has 0 heterocycles. The number of carbonyl (C=O) groups is 2. The van der Waals surface area contributed by atoms with Crippen molar-refractivity contribution in [2.24, 2.45) is 0 Å². The van der Waals surface area contributed by atoms with Crippen LogP contribution in [0.15, 0.2) is 0 Å². The van der Waals surface area contributed by atoms with E-state index in [4.69, 9.17) is 13.8 Å². The van der Waals surface area contributed by atoms with Crippen LogP contribution < -0.4 is 5.32 Å². The standard InChI is InChI=1S/C11H22NO6P/c1-5-16-11(14)10(12-9(4)13)8-19(15,17-6-2)18-7-3/h10H,5-8H2,1-4H3,(H,12,13). The zero-order valence-electron chi connectivity index (χ0n) is 11.8. The number of hydrogen-bond donors (Lipinski definition) is 1. The van der Waals surface area contributed by atoms with Gasteiger partial charge in [0.05, 0.1) is 26.0 Å². The third-order valence-corrected chi connectivity index (χ3v) is 4.12. The van der Waals surface area contributed by atoms with E-state index in [1.807, 2.05) is 0 Å². The van der Waals surface area contributed by atoms with Crippen molar-refractivity contribution in [3.05, 3.63) is 0 Å². The van der Waals surface area contributed by atoms with Gasteiger partial charge in [0, 0.05) is 6.92 Å². The molecular weight excluding hydrogens is 273 g/mol. The fourth-order valence-electron chi connectivity index (χ4n) is 1.43. The quantitative estimate of drug-likeness (QED) is 0.509. The van der Waals surface area contributed by atoms with Gasteiger partial charge in [0.15, 0.2) is 0 Å². The summed E-state index contributed by atoms with van der Waals surface area (Å²) < 4.78 is 27.3. The lowest BCUT2D eigenvalue weighted by Gasteiger charge is -2.22. The van der Waals surface area contributed by atoms with E-state index in [9.17, 15) is 14.2 Å². The first-order chi connectivity index (χ1) is 8.88. The van der Waals surface area contributed by atoms with Crippen LogP contribution in [0.3, 0.4) is 0 Å². The molecule has 1 N–H and O–H groups in total. The van der Waals surface area contributed by atoms with Gasteiger partial charge in [-0.15, -0.1) is 0 Å². The van der Waals surface area contributed by atoms with Crippen LogP contribution in [0.2, 0.25) is 0 Å². The Morgan fingerprint density at radius 1 is 1.11 bits per heavy atom. The van der Waals surface area contributed by atoms with Crippen LogP contribution in [0.1, 0.15) is 27.7 Å². The maximum atomic E-state index is 12.3. The number of esters is 1. The van der Waals surface area contributed by atoms with Crippen molar-refractivity contribution in [2.75, 3.05) is 26.0 Å². The first-order valence-corrected chi connectivity index (χ1v) is 7.93. The van der Waals surface area contributed by atoms with Gasteiger partial charge in [0.25, 0.3) is 0 Å². The van der Waals surface area contributed by atoms with E-state index in [0.717, 1.165) is 0 Å². The molecule has 0 radical (unpaired) electrons. The predicted octanol–water partition coefficient (Wildman–Crippen LogP) is 1.32. The van der Waals surface area contributed by atoms with Crippen molar-refractivity contribution in [3.8, 4) is 0 Å². The highest BCUT2D eigenvalue weighted by Crippen LogP contribution is 2.48. The molecule has 0 aromatic heterocycles. The lowest BCUT2D eigenvalue weighted by molar-refractivity contribution is -0.146. The summed E-state index contributed by atoms with van der Waals surface area (Å²) in [7, 11) is -3.42. The van der Waals surface area contributed by atoms with Crippen LogP contribution in [0.5, 0.6) is 0 Å². The average Bonchev–Trinajstić information content (AvgIpc) is 2.28. The monoisotopic (exact) mass is 295 g/mol. The van der Waals surface area contributed by atoms with E-state index in [2.05, 4.69) is 5.32 Å². The Labute approximate surface area is 113 Å². The van der Waals surface area contributed by atoms with Gasteiger partial charge in [-0.3, -0.25) is 9.36 Å². The Hall–Kier alpha value is -0.910. The first kappa shape index (κ1) is 18.1. The molecule has 0 aromatic carbocycles. The van der Waals surface area contributed by atoms with Gasteiger partial charge in [0.2, 0.25) is 5.91 Å². The summed E-state index contributed by atoms with van der Waals surface area (Å²) >= 11 is 0. The highest BCUT2D eigenvalue weighted by Gasteiger charge is 2.33. The number of hydrogen-bond acceptors (Lipinski definition) is 6. The molecule has 112 valence electrons. The molecule has 19 heavy (non-hydrogen) atoms. The molecule has 0 rings (SSSR count). The summed E-state index contributed by atoms with van der Waals surface area (Å²) in [5.74, 6) is -1.07. The molecular formula is C11H22NO6P. The minimum absolute atomic E-state index is 0.169. The van der Waals surface area contributed by atoms with E-state index in [1.165, 1.54) is 6.92 Å². The molecule has 1 amide bonds. The fraction of sp³-hybridized carbons (Fsp3) is 0.818. The summed E-state index contributed by atoms with van der Waals surface area (Å²) in [5, 5.41) is 2.39. The van der Waals surface area contributed by atoms with Gasteiger partial charge >= 0.3 is 13.6 Å². The summed E-state index contributed by atoms with van der Waals surface area (Å²) in [6, 6.07) is -1.04. The average molecular weight is 295 g/mol. The Morgan fingerprint density at radius 2 is 1.63 bits per heavy atom. The van der Waals surface area contributed by atoms with E-state index in [0.29, 0.717) is 0 Å². The Kier molecular flexibility index (Phi) is 8.63. The van der Waals surface area contributed by atoms with Crippen molar-refractivity contribution in [1.29, 1.82) is 0 Å². The maximum Gasteiger partial charge on any atom is 0.333 e. The molecule has 1 atom stereocenters. The number of nitrogens with one attached hydrogen (secondary N) is 1. The van der Waals surface area contributed by atoms with Crippen molar-refractivity contribution in [3.63, 3.8) is 0 Å². The molecule has 0 aliphatic rings. The third kappa shape index (κ3) is 7.30. The van der Waals surface area contributed by atoms with E-state index >= 15 is 0 Å². The second-order valence-corrected chi connectivity index (χ2v) is 5.74. The molecule has 1 unspecified atom stereocenters. The van der Waals surface area contributed by atoms with Crippen LogP contribution in [0, 0.1) is 0 Å². The lowest BCUT2D eigenvalue weighted by Crippen LogP contribution is -2.43. The molecule has 0 aliphatic carbocycles. The second-order valence-electron chi connectivity index (χ2n) is 3.63.